The fourth-order valence-corrected chi connectivity index (χ4v) is 10.1. The molecule has 44 heavy (non-hydrogen) atoms. The van der Waals surface area contributed by atoms with E-state index in [4.69, 9.17) is 9.47 Å². The third-order valence-electron chi connectivity index (χ3n) is 13.2. The number of carbonyl (C=O) groups is 1. The maximum Gasteiger partial charge on any atom is 0.230 e. The number of ether oxygens (including phenoxy) is 2. The molecule has 7 nitrogen and oxygen atoms in total. The summed E-state index contributed by atoms with van der Waals surface area (Å²) in [5.41, 5.74) is -1.75. The number of aliphatic hydroxyl groups is 4. The minimum absolute atomic E-state index is 0.0460. The molecule has 0 saturated heterocycles. The Morgan fingerprint density at radius 1 is 0.795 bits per heavy atom. The van der Waals surface area contributed by atoms with Gasteiger partial charge in [-0.05, 0) is 93.3 Å². The van der Waals surface area contributed by atoms with E-state index in [2.05, 4.69) is 20.8 Å². The third kappa shape index (κ3) is 6.99. The van der Waals surface area contributed by atoms with Crippen LogP contribution in [0.25, 0.3) is 0 Å². The SMILES string of the molecule is CC1CCCC([C](OC2CCCC(C(C)(C)C3CCCCC3=O)C2O)OC2CCCC(C)C2(O)C(O)C2CCCCC2)C1O. The molecule has 0 amide bonds. The molecule has 0 aromatic heterocycles. The lowest BCUT2D eigenvalue weighted by Gasteiger charge is -2.51. The van der Waals surface area contributed by atoms with Crippen molar-refractivity contribution in [3.63, 3.8) is 0 Å². The van der Waals surface area contributed by atoms with Crippen molar-refractivity contribution in [3.8, 4) is 0 Å². The lowest BCUT2D eigenvalue weighted by molar-refractivity contribution is -0.262. The van der Waals surface area contributed by atoms with Gasteiger partial charge in [-0.3, -0.25) is 4.79 Å². The largest absolute Gasteiger partial charge is 0.392 e. The number of ketones is 1. The van der Waals surface area contributed by atoms with Gasteiger partial charge in [0, 0.05) is 18.3 Å². The minimum Gasteiger partial charge on any atom is -0.392 e. The third-order valence-corrected chi connectivity index (χ3v) is 13.2. The topological polar surface area (TPSA) is 116 Å². The summed E-state index contributed by atoms with van der Waals surface area (Å²) in [6.07, 6.45) is 13.0. The summed E-state index contributed by atoms with van der Waals surface area (Å²) < 4.78 is 13.6. The first-order chi connectivity index (χ1) is 21.0. The Morgan fingerprint density at radius 3 is 2.20 bits per heavy atom. The maximum atomic E-state index is 13.0. The van der Waals surface area contributed by atoms with Gasteiger partial charge in [-0.15, -0.1) is 0 Å². The Labute approximate surface area is 266 Å². The molecule has 0 aromatic rings. The van der Waals surface area contributed by atoms with Crippen LogP contribution in [0.15, 0.2) is 0 Å². The minimum atomic E-state index is -1.41. The molecule has 11 unspecified atom stereocenters. The summed E-state index contributed by atoms with van der Waals surface area (Å²) in [6.45, 7) is 8.40. The van der Waals surface area contributed by atoms with Gasteiger partial charge >= 0.3 is 0 Å². The first-order valence-corrected chi connectivity index (χ1v) is 18.5. The van der Waals surface area contributed by atoms with Crippen LogP contribution in [0.3, 0.4) is 0 Å². The predicted octanol–water partition coefficient (Wildman–Crippen LogP) is 6.48. The zero-order valence-corrected chi connectivity index (χ0v) is 28.1. The molecular weight excluding hydrogens is 556 g/mol. The molecule has 5 aliphatic rings. The standard InChI is InChI=1S/C37H63O7/c1-23-13-10-17-26(32(23)39)35(44-31-22-11-14-24(2)37(31,42)34(41)25-15-6-5-7-16-25)43-30-21-12-19-28(33(30)40)36(3,4)27-18-8-9-20-29(27)38/h23-28,30-34,39-42H,5-22H2,1-4H3. The van der Waals surface area contributed by atoms with Crippen LogP contribution in [0, 0.1) is 47.2 Å². The van der Waals surface area contributed by atoms with Crippen LogP contribution in [-0.2, 0) is 14.3 Å². The van der Waals surface area contributed by atoms with Gasteiger partial charge in [-0.2, -0.15) is 0 Å². The Hall–Kier alpha value is -0.570. The molecule has 253 valence electrons. The van der Waals surface area contributed by atoms with Gasteiger partial charge < -0.3 is 29.9 Å². The molecule has 0 heterocycles. The average Bonchev–Trinajstić information content (AvgIpc) is 3.01. The molecule has 0 bridgehead atoms. The van der Waals surface area contributed by atoms with Crippen LogP contribution in [-0.4, -0.2) is 62.3 Å². The smallest absolute Gasteiger partial charge is 0.230 e. The van der Waals surface area contributed by atoms with E-state index in [0.717, 1.165) is 89.9 Å². The first kappa shape index (κ1) is 34.8. The molecule has 11 atom stereocenters. The van der Waals surface area contributed by atoms with E-state index in [1.165, 1.54) is 6.42 Å². The molecule has 7 heteroatoms. The van der Waals surface area contributed by atoms with Gasteiger partial charge in [-0.1, -0.05) is 72.6 Å². The Bertz CT molecular complexity index is 933. The second-order valence-corrected chi connectivity index (χ2v) is 16.3. The van der Waals surface area contributed by atoms with Crippen molar-refractivity contribution in [2.24, 2.45) is 40.9 Å². The van der Waals surface area contributed by atoms with Crippen LogP contribution >= 0.6 is 0 Å². The molecule has 4 N–H and O–H groups in total. The summed E-state index contributed by atoms with van der Waals surface area (Å²) in [6, 6.07) is 0. The van der Waals surface area contributed by atoms with Crippen molar-refractivity contribution in [2.45, 2.75) is 179 Å². The quantitative estimate of drug-likeness (QED) is 0.233. The van der Waals surface area contributed by atoms with Crippen molar-refractivity contribution in [3.05, 3.63) is 6.29 Å². The van der Waals surface area contributed by atoms with E-state index in [-0.39, 0.29) is 40.9 Å². The molecule has 0 aromatic carbocycles. The van der Waals surface area contributed by atoms with Crippen LogP contribution in [0.5, 0.6) is 0 Å². The van der Waals surface area contributed by atoms with Crippen molar-refractivity contribution < 1.29 is 34.7 Å². The molecule has 0 spiro atoms. The van der Waals surface area contributed by atoms with E-state index in [0.29, 0.717) is 31.3 Å². The summed E-state index contributed by atoms with van der Waals surface area (Å²) in [5, 5.41) is 47.4. The van der Waals surface area contributed by atoms with Crippen LogP contribution in [0.1, 0.15) is 143 Å². The molecule has 5 rings (SSSR count). The second-order valence-electron chi connectivity index (χ2n) is 16.3. The Morgan fingerprint density at radius 2 is 1.48 bits per heavy atom. The molecule has 1 radical (unpaired) electrons. The molecular formula is C37H63O7. The zero-order chi connectivity index (χ0) is 31.6. The van der Waals surface area contributed by atoms with Crippen LogP contribution in [0.4, 0.5) is 0 Å². The van der Waals surface area contributed by atoms with E-state index in [1.807, 2.05) is 6.92 Å². The van der Waals surface area contributed by atoms with Gasteiger partial charge in [-0.25, -0.2) is 0 Å². The normalized spacial score (nSPS) is 42.4. The number of hydrogen-bond acceptors (Lipinski definition) is 7. The Balaban J connectivity index is 1.39. The van der Waals surface area contributed by atoms with Gasteiger partial charge in [0.05, 0.1) is 30.5 Å². The van der Waals surface area contributed by atoms with E-state index in [1.54, 1.807) is 0 Å². The van der Waals surface area contributed by atoms with Crippen LogP contribution < -0.4 is 0 Å². The summed E-state index contributed by atoms with van der Waals surface area (Å²) in [7, 11) is 0. The van der Waals surface area contributed by atoms with Gasteiger partial charge in [0.15, 0.2) is 0 Å². The summed E-state index contributed by atoms with van der Waals surface area (Å²) >= 11 is 0. The van der Waals surface area contributed by atoms with E-state index < -0.39 is 36.1 Å². The second kappa shape index (κ2) is 14.7. The highest BCUT2D eigenvalue weighted by Crippen LogP contribution is 2.50. The maximum absolute atomic E-state index is 13.0. The van der Waals surface area contributed by atoms with E-state index >= 15 is 0 Å². The molecule has 5 aliphatic carbocycles. The fourth-order valence-electron chi connectivity index (χ4n) is 10.1. The lowest BCUT2D eigenvalue weighted by atomic mass is 9.59. The van der Waals surface area contributed by atoms with Crippen molar-refractivity contribution in [2.75, 3.05) is 0 Å². The first-order valence-electron chi connectivity index (χ1n) is 18.5. The van der Waals surface area contributed by atoms with Crippen LogP contribution in [0.2, 0.25) is 0 Å². The zero-order valence-electron chi connectivity index (χ0n) is 28.1. The van der Waals surface area contributed by atoms with Gasteiger partial charge in [0.2, 0.25) is 6.29 Å². The summed E-state index contributed by atoms with van der Waals surface area (Å²) in [4.78, 5) is 13.0. The molecule has 5 fully saturated rings. The van der Waals surface area contributed by atoms with Crippen molar-refractivity contribution in [1.82, 2.24) is 0 Å². The highest BCUT2D eigenvalue weighted by molar-refractivity contribution is 5.82. The van der Waals surface area contributed by atoms with Crippen molar-refractivity contribution >= 4 is 5.78 Å². The number of rotatable bonds is 9. The van der Waals surface area contributed by atoms with Crippen molar-refractivity contribution in [1.29, 1.82) is 0 Å². The molecule has 5 saturated carbocycles. The Kier molecular flexibility index (Phi) is 11.6. The number of carbonyl (C=O) groups excluding carboxylic acids is 1. The number of aliphatic hydroxyl groups excluding tert-OH is 3. The summed E-state index contributed by atoms with van der Waals surface area (Å²) in [5.74, 6) is -0.141. The fraction of sp³-hybridized carbons (Fsp3) is 0.946. The lowest BCUT2D eigenvalue weighted by Crippen LogP contribution is -2.62. The highest BCUT2D eigenvalue weighted by atomic mass is 16.7. The monoisotopic (exact) mass is 619 g/mol. The van der Waals surface area contributed by atoms with Gasteiger partial charge in [0.25, 0.3) is 0 Å². The number of hydrogen-bond donors (Lipinski definition) is 4. The van der Waals surface area contributed by atoms with E-state index in [9.17, 15) is 25.2 Å². The predicted molar refractivity (Wildman–Crippen MR) is 170 cm³/mol. The highest BCUT2D eigenvalue weighted by Gasteiger charge is 2.55. The van der Waals surface area contributed by atoms with Gasteiger partial charge in [0.1, 0.15) is 11.4 Å². The average molecular weight is 620 g/mol. The number of Topliss-reactive ketones (excluding diaryl/α,β-unsaturated/α-hetero) is 1. The molecule has 0 aliphatic heterocycles.